The molecule has 0 bridgehead atoms. The van der Waals surface area contributed by atoms with Gasteiger partial charge in [-0.3, -0.25) is 4.79 Å². The van der Waals surface area contributed by atoms with Crippen LogP contribution in [0.3, 0.4) is 0 Å². The quantitative estimate of drug-likeness (QED) is 0.877. The Morgan fingerprint density at radius 2 is 2.28 bits per heavy atom. The molecule has 0 spiro atoms. The molecule has 0 fully saturated rings. The van der Waals surface area contributed by atoms with Gasteiger partial charge in [0, 0.05) is 20.0 Å². The first-order valence-electron chi connectivity index (χ1n) is 5.81. The van der Waals surface area contributed by atoms with Crippen LogP contribution in [0, 0.1) is 6.92 Å². The van der Waals surface area contributed by atoms with E-state index in [1.54, 1.807) is 0 Å². The zero-order valence-corrected chi connectivity index (χ0v) is 10.5. The summed E-state index contributed by atoms with van der Waals surface area (Å²) in [6.45, 7) is 3.05. The van der Waals surface area contributed by atoms with E-state index >= 15 is 0 Å². The van der Waals surface area contributed by atoms with Crippen LogP contribution in [0.4, 0.5) is 0 Å². The molecule has 0 aliphatic heterocycles. The molecule has 2 rings (SSSR count). The number of carboxylic acid groups (broad SMARTS) is 1. The van der Waals surface area contributed by atoms with Crippen LogP contribution in [-0.4, -0.2) is 34.6 Å². The van der Waals surface area contributed by atoms with Gasteiger partial charge in [0.05, 0.1) is 6.42 Å². The highest BCUT2D eigenvalue weighted by Gasteiger charge is 2.06. The van der Waals surface area contributed by atoms with E-state index in [1.165, 1.54) is 0 Å². The number of aryl methyl sites for hydroxylation is 1. The first-order chi connectivity index (χ1) is 8.54. The van der Waals surface area contributed by atoms with E-state index in [4.69, 9.17) is 9.52 Å². The summed E-state index contributed by atoms with van der Waals surface area (Å²) in [6.07, 6.45) is 0.155. The molecule has 1 aromatic heterocycles. The second kappa shape index (κ2) is 5.18. The summed E-state index contributed by atoms with van der Waals surface area (Å²) >= 11 is 0. The first-order valence-corrected chi connectivity index (χ1v) is 5.81. The number of nitrogens with zero attached hydrogens (tertiary/aromatic N) is 2. The monoisotopic (exact) mass is 248 g/mol. The lowest BCUT2D eigenvalue weighted by molar-refractivity contribution is -0.137. The molecular weight excluding hydrogens is 232 g/mol. The molecule has 0 amide bonds. The number of carboxylic acids is 1. The van der Waals surface area contributed by atoms with Crippen LogP contribution in [0.1, 0.15) is 17.9 Å². The normalized spacial score (nSPS) is 11.3. The van der Waals surface area contributed by atoms with Crippen LogP contribution in [0.25, 0.3) is 11.1 Å². The van der Waals surface area contributed by atoms with Gasteiger partial charge in [-0.05, 0) is 24.7 Å². The maximum absolute atomic E-state index is 10.5. The summed E-state index contributed by atoms with van der Waals surface area (Å²) in [7, 11) is 1.90. The van der Waals surface area contributed by atoms with E-state index in [-0.39, 0.29) is 6.42 Å². The molecule has 1 heterocycles. The Balaban J connectivity index is 2.04. The third-order valence-corrected chi connectivity index (χ3v) is 2.72. The van der Waals surface area contributed by atoms with Gasteiger partial charge in [0.15, 0.2) is 11.5 Å². The van der Waals surface area contributed by atoms with E-state index in [1.807, 2.05) is 37.1 Å². The van der Waals surface area contributed by atoms with Gasteiger partial charge in [-0.2, -0.15) is 0 Å². The number of aromatic nitrogens is 1. The number of hydrogen-bond donors (Lipinski definition) is 1. The van der Waals surface area contributed by atoms with Crippen molar-refractivity contribution in [1.82, 2.24) is 9.88 Å². The topological polar surface area (TPSA) is 66.6 Å². The lowest BCUT2D eigenvalue weighted by atomic mass is 10.2. The van der Waals surface area contributed by atoms with Crippen molar-refractivity contribution in [3.05, 3.63) is 29.7 Å². The van der Waals surface area contributed by atoms with Crippen molar-refractivity contribution in [1.29, 1.82) is 0 Å². The Hall–Kier alpha value is -1.88. The van der Waals surface area contributed by atoms with Crippen LogP contribution in [0.2, 0.25) is 0 Å². The number of carbonyl (C=O) groups is 1. The third-order valence-electron chi connectivity index (χ3n) is 2.72. The van der Waals surface area contributed by atoms with Crippen LogP contribution < -0.4 is 0 Å². The van der Waals surface area contributed by atoms with Crippen molar-refractivity contribution in [2.24, 2.45) is 0 Å². The summed E-state index contributed by atoms with van der Waals surface area (Å²) in [4.78, 5) is 16.7. The fourth-order valence-electron chi connectivity index (χ4n) is 1.86. The lowest BCUT2D eigenvalue weighted by Crippen LogP contribution is -2.21. The molecule has 2 aromatic rings. The van der Waals surface area contributed by atoms with Gasteiger partial charge >= 0.3 is 5.97 Å². The SMILES string of the molecule is Cc1nc2cc(CN(C)CCC(=O)O)ccc2o1. The number of rotatable bonds is 5. The summed E-state index contributed by atoms with van der Waals surface area (Å²) in [5.74, 6) is -0.120. The molecular formula is C13H16N2O3. The van der Waals surface area contributed by atoms with Crippen molar-refractivity contribution in [2.45, 2.75) is 19.9 Å². The van der Waals surface area contributed by atoms with Crippen molar-refractivity contribution in [3.63, 3.8) is 0 Å². The van der Waals surface area contributed by atoms with Gasteiger partial charge < -0.3 is 14.4 Å². The predicted octanol–water partition coefficient (Wildman–Crippen LogP) is 2.04. The predicted molar refractivity (Wildman–Crippen MR) is 67.3 cm³/mol. The summed E-state index contributed by atoms with van der Waals surface area (Å²) < 4.78 is 5.40. The van der Waals surface area contributed by atoms with E-state index in [0.717, 1.165) is 16.7 Å². The van der Waals surface area contributed by atoms with Gasteiger partial charge in [0.25, 0.3) is 0 Å². The fraction of sp³-hybridized carbons (Fsp3) is 0.385. The number of aliphatic carboxylic acids is 1. The molecule has 5 nitrogen and oxygen atoms in total. The molecule has 0 aliphatic carbocycles. The molecule has 0 aliphatic rings. The van der Waals surface area contributed by atoms with Crippen LogP contribution in [0.5, 0.6) is 0 Å². The molecule has 96 valence electrons. The Bertz CT molecular complexity index is 562. The minimum atomic E-state index is -0.774. The molecule has 18 heavy (non-hydrogen) atoms. The largest absolute Gasteiger partial charge is 0.481 e. The minimum Gasteiger partial charge on any atom is -0.481 e. The van der Waals surface area contributed by atoms with E-state index in [2.05, 4.69) is 4.98 Å². The van der Waals surface area contributed by atoms with Crippen LogP contribution in [-0.2, 0) is 11.3 Å². The minimum absolute atomic E-state index is 0.155. The maximum Gasteiger partial charge on any atom is 0.304 e. The van der Waals surface area contributed by atoms with Gasteiger partial charge in [0.2, 0.25) is 0 Å². The summed E-state index contributed by atoms with van der Waals surface area (Å²) in [5, 5.41) is 8.62. The highest BCUT2D eigenvalue weighted by molar-refractivity contribution is 5.73. The molecule has 5 heteroatoms. The number of benzene rings is 1. The molecule has 0 saturated carbocycles. The molecule has 1 N–H and O–H groups in total. The number of fused-ring (bicyclic) bond motifs is 1. The second-order valence-electron chi connectivity index (χ2n) is 4.42. The Kier molecular flexibility index (Phi) is 3.62. The highest BCUT2D eigenvalue weighted by Crippen LogP contribution is 2.17. The highest BCUT2D eigenvalue weighted by atomic mass is 16.4. The van der Waals surface area contributed by atoms with Gasteiger partial charge in [-0.15, -0.1) is 0 Å². The molecule has 0 saturated heterocycles. The maximum atomic E-state index is 10.5. The van der Waals surface area contributed by atoms with E-state index < -0.39 is 5.97 Å². The van der Waals surface area contributed by atoms with Crippen molar-refractivity contribution >= 4 is 17.1 Å². The first kappa shape index (κ1) is 12.6. The average molecular weight is 248 g/mol. The van der Waals surface area contributed by atoms with Gasteiger partial charge in [-0.25, -0.2) is 4.98 Å². The van der Waals surface area contributed by atoms with Crippen molar-refractivity contribution in [3.8, 4) is 0 Å². The Morgan fingerprint density at radius 1 is 1.50 bits per heavy atom. The number of hydrogen-bond acceptors (Lipinski definition) is 4. The van der Waals surface area contributed by atoms with Crippen LogP contribution in [0.15, 0.2) is 22.6 Å². The van der Waals surface area contributed by atoms with Crippen molar-refractivity contribution in [2.75, 3.05) is 13.6 Å². The third kappa shape index (κ3) is 3.07. The summed E-state index contributed by atoms with van der Waals surface area (Å²) in [5.41, 5.74) is 2.73. The van der Waals surface area contributed by atoms with E-state index in [0.29, 0.717) is 19.0 Å². The van der Waals surface area contributed by atoms with Crippen LogP contribution >= 0.6 is 0 Å². The van der Waals surface area contributed by atoms with Gasteiger partial charge in [-0.1, -0.05) is 6.07 Å². The van der Waals surface area contributed by atoms with E-state index in [9.17, 15) is 4.79 Å². The lowest BCUT2D eigenvalue weighted by Gasteiger charge is -2.15. The fourth-order valence-corrected chi connectivity index (χ4v) is 1.86. The smallest absolute Gasteiger partial charge is 0.304 e. The summed E-state index contributed by atoms with van der Waals surface area (Å²) in [6, 6.07) is 5.85. The van der Waals surface area contributed by atoms with Crippen molar-refractivity contribution < 1.29 is 14.3 Å². The molecule has 1 aromatic carbocycles. The second-order valence-corrected chi connectivity index (χ2v) is 4.42. The molecule has 0 unspecified atom stereocenters. The Morgan fingerprint density at radius 3 is 3.00 bits per heavy atom. The Labute approximate surface area is 105 Å². The average Bonchev–Trinajstić information content (AvgIpc) is 2.66. The zero-order valence-electron chi connectivity index (χ0n) is 10.5. The van der Waals surface area contributed by atoms with Gasteiger partial charge in [0.1, 0.15) is 5.52 Å². The zero-order chi connectivity index (χ0) is 13.1. The number of oxazole rings is 1. The molecule has 0 atom stereocenters. The molecule has 0 radical (unpaired) electrons. The standard InChI is InChI=1S/C13H16N2O3/c1-9-14-11-7-10(3-4-12(11)18-9)8-15(2)6-5-13(16)17/h3-4,7H,5-6,8H2,1-2H3,(H,16,17).